The summed E-state index contributed by atoms with van der Waals surface area (Å²) in [6.07, 6.45) is 3.16. The van der Waals surface area contributed by atoms with E-state index in [1.807, 2.05) is 0 Å². The van der Waals surface area contributed by atoms with Gasteiger partial charge in [0.2, 0.25) is 5.95 Å². The largest absolute Gasteiger partial charge is 0.347 e. The maximum absolute atomic E-state index is 13.7. The van der Waals surface area contributed by atoms with Gasteiger partial charge in [0.15, 0.2) is 0 Å². The summed E-state index contributed by atoms with van der Waals surface area (Å²) in [7, 11) is 1.80. The Morgan fingerprint density at radius 2 is 2.13 bits per heavy atom. The summed E-state index contributed by atoms with van der Waals surface area (Å²) in [5, 5.41) is 12.0. The third-order valence-corrected chi connectivity index (χ3v) is 5.50. The van der Waals surface area contributed by atoms with E-state index in [9.17, 15) is 9.18 Å². The van der Waals surface area contributed by atoms with Crippen molar-refractivity contribution in [1.29, 1.82) is 0 Å². The Hall–Kier alpha value is -3.30. The van der Waals surface area contributed by atoms with Gasteiger partial charge in [-0.1, -0.05) is 29.8 Å². The molecule has 7 nitrogen and oxygen atoms in total. The molecule has 0 saturated carbocycles. The predicted molar refractivity (Wildman–Crippen MR) is 114 cm³/mol. The Morgan fingerprint density at radius 1 is 1.30 bits per heavy atom. The number of thiophene rings is 1. The van der Waals surface area contributed by atoms with Crippen molar-refractivity contribution in [2.45, 2.75) is 6.54 Å². The number of nitrogens with zero attached hydrogens (tertiary/aromatic N) is 4. The van der Waals surface area contributed by atoms with E-state index in [1.54, 1.807) is 53.6 Å². The van der Waals surface area contributed by atoms with Crippen molar-refractivity contribution in [3.05, 3.63) is 75.5 Å². The summed E-state index contributed by atoms with van der Waals surface area (Å²) in [4.78, 5) is 21.6. The van der Waals surface area contributed by atoms with E-state index < -0.39 is 0 Å². The molecule has 0 atom stereocenters. The summed E-state index contributed by atoms with van der Waals surface area (Å²) in [6.45, 7) is 0.103. The molecule has 0 aliphatic rings. The zero-order chi connectivity index (χ0) is 21.1. The minimum Gasteiger partial charge on any atom is -0.347 e. The smallest absolute Gasteiger partial charge is 0.261 e. The lowest BCUT2D eigenvalue weighted by Crippen LogP contribution is -2.22. The molecule has 0 spiro atoms. The molecule has 0 saturated heterocycles. The minimum absolute atomic E-state index is 0.103. The van der Waals surface area contributed by atoms with Crippen LogP contribution >= 0.6 is 22.9 Å². The van der Waals surface area contributed by atoms with E-state index in [0.29, 0.717) is 32.7 Å². The number of hydrogen-bond acceptors (Lipinski definition) is 6. The van der Waals surface area contributed by atoms with Crippen molar-refractivity contribution in [1.82, 2.24) is 25.1 Å². The fourth-order valence-electron chi connectivity index (χ4n) is 2.72. The van der Waals surface area contributed by atoms with Crippen molar-refractivity contribution >= 4 is 40.6 Å². The average Bonchev–Trinajstić information content (AvgIpc) is 3.38. The van der Waals surface area contributed by atoms with Crippen LogP contribution in [0, 0.1) is 5.82 Å². The number of hydrogen-bond donors (Lipinski definition) is 2. The molecule has 10 heteroatoms. The Labute approximate surface area is 180 Å². The summed E-state index contributed by atoms with van der Waals surface area (Å²) >= 11 is 7.54. The first-order valence-electron chi connectivity index (χ1n) is 8.89. The van der Waals surface area contributed by atoms with Crippen molar-refractivity contribution in [3.63, 3.8) is 0 Å². The summed E-state index contributed by atoms with van der Waals surface area (Å²) < 4.78 is 15.4. The van der Waals surface area contributed by atoms with E-state index in [1.165, 1.54) is 23.6 Å². The maximum atomic E-state index is 13.7. The number of carbonyl (C=O) groups is 1. The quantitative estimate of drug-likeness (QED) is 0.462. The zero-order valence-electron chi connectivity index (χ0n) is 15.8. The van der Waals surface area contributed by atoms with E-state index in [0.717, 1.165) is 5.82 Å². The van der Waals surface area contributed by atoms with Crippen molar-refractivity contribution in [3.8, 4) is 11.3 Å². The molecule has 0 aliphatic heterocycles. The molecule has 152 valence electrons. The highest BCUT2D eigenvalue weighted by atomic mass is 35.5. The normalized spacial score (nSPS) is 10.8. The Balaban J connectivity index is 1.50. The van der Waals surface area contributed by atoms with E-state index >= 15 is 0 Å². The number of carbonyl (C=O) groups excluding carboxylic acids is 1. The first kappa shape index (κ1) is 20.0. The fraction of sp³-hybridized carbons (Fsp3) is 0.100. The molecule has 4 rings (SSSR count). The van der Waals surface area contributed by atoms with Crippen LogP contribution in [-0.4, -0.2) is 25.7 Å². The summed E-state index contributed by atoms with van der Waals surface area (Å²) in [5.74, 6) is 0.426. The molecule has 0 unspecified atom stereocenters. The minimum atomic E-state index is -0.356. The highest BCUT2D eigenvalue weighted by Crippen LogP contribution is 2.30. The van der Waals surface area contributed by atoms with Crippen LogP contribution in [0.3, 0.4) is 0 Å². The van der Waals surface area contributed by atoms with Crippen LogP contribution in [0.2, 0.25) is 5.02 Å². The van der Waals surface area contributed by atoms with Gasteiger partial charge in [-0.15, -0.1) is 11.3 Å². The Morgan fingerprint density at radius 3 is 2.90 bits per heavy atom. The van der Waals surface area contributed by atoms with Crippen LogP contribution in [0.15, 0.2) is 54.2 Å². The first-order valence-corrected chi connectivity index (χ1v) is 10.1. The zero-order valence-corrected chi connectivity index (χ0v) is 17.3. The predicted octanol–water partition coefficient (Wildman–Crippen LogP) is 4.40. The number of halogens is 2. The molecule has 0 aliphatic carbocycles. The number of anilines is 2. The van der Waals surface area contributed by atoms with Crippen LogP contribution in [-0.2, 0) is 13.6 Å². The third-order valence-electron chi connectivity index (χ3n) is 4.30. The number of aryl methyl sites for hydroxylation is 1. The molecule has 2 N–H and O–H groups in total. The van der Waals surface area contributed by atoms with Crippen LogP contribution in [0.5, 0.6) is 0 Å². The lowest BCUT2D eigenvalue weighted by Gasteiger charge is -2.07. The van der Waals surface area contributed by atoms with Gasteiger partial charge in [0, 0.05) is 36.2 Å². The van der Waals surface area contributed by atoms with Crippen LogP contribution < -0.4 is 10.6 Å². The van der Waals surface area contributed by atoms with Gasteiger partial charge in [-0.25, -0.2) is 14.4 Å². The van der Waals surface area contributed by atoms with E-state index in [4.69, 9.17) is 11.6 Å². The summed E-state index contributed by atoms with van der Waals surface area (Å²) in [5.41, 5.74) is 1.62. The fourth-order valence-corrected chi connectivity index (χ4v) is 3.73. The van der Waals surface area contributed by atoms with Crippen LogP contribution in [0.1, 0.15) is 15.2 Å². The summed E-state index contributed by atoms with van der Waals surface area (Å²) in [6, 6.07) is 9.81. The van der Waals surface area contributed by atoms with Gasteiger partial charge in [0.05, 0.1) is 28.0 Å². The SMILES string of the molecule is Cn1nccc1Nc1ncc(Cl)c(-c2csc(C(=O)NCc3ccccc3F)c2)n1. The van der Waals surface area contributed by atoms with Gasteiger partial charge in [-0.05, 0) is 12.1 Å². The molecule has 0 radical (unpaired) electrons. The molecule has 30 heavy (non-hydrogen) atoms. The maximum Gasteiger partial charge on any atom is 0.261 e. The van der Waals surface area contributed by atoms with Gasteiger partial charge in [0.1, 0.15) is 11.6 Å². The lowest BCUT2D eigenvalue weighted by atomic mass is 10.2. The molecular weight excluding hydrogens is 427 g/mol. The number of benzene rings is 1. The molecule has 3 heterocycles. The third kappa shape index (κ3) is 4.32. The second-order valence-electron chi connectivity index (χ2n) is 6.33. The van der Waals surface area contributed by atoms with E-state index in [-0.39, 0.29) is 18.3 Å². The highest BCUT2D eigenvalue weighted by molar-refractivity contribution is 7.12. The average molecular weight is 443 g/mol. The van der Waals surface area contributed by atoms with Crippen LogP contribution in [0.25, 0.3) is 11.3 Å². The van der Waals surface area contributed by atoms with E-state index in [2.05, 4.69) is 25.7 Å². The molecule has 0 bridgehead atoms. The second kappa shape index (κ2) is 8.60. The van der Waals surface area contributed by atoms with Gasteiger partial charge in [0.25, 0.3) is 5.91 Å². The lowest BCUT2D eigenvalue weighted by molar-refractivity contribution is 0.0954. The number of aromatic nitrogens is 4. The molecule has 1 aromatic carbocycles. The number of amides is 1. The van der Waals surface area contributed by atoms with Crippen molar-refractivity contribution in [2.24, 2.45) is 7.05 Å². The van der Waals surface area contributed by atoms with Gasteiger partial charge < -0.3 is 10.6 Å². The van der Waals surface area contributed by atoms with Gasteiger partial charge in [-0.3, -0.25) is 9.48 Å². The van der Waals surface area contributed by atoms with Crippen LogP contribution in [0.4, 0.5) is 16.2 Å². The second-order valence-corrected chi connectivity index (χ2v) is 7.65. The standard InChI is InChI=1S/C20H16ClFN6OS/c1-28-17(6-7-25-28)26-20-24-10-14(21)18(27-20)13-8-16(30-11-13)19(29)23-9-12-4-2-3-5-15(12)22/h2-8,10-11H,9H2,1H3,(H,23,29)(H,24,26,27). The molecular formula is C20H16ClFN6OS. The van der Waals surface area contributed by atoms with Crippen molar-refractivity contribution < 1.29 is 9.18 Å². The van der Waals surface area contributed by atoms with Crippen molar-refractivity contribution in [2.75, 3.05) is 5.32 Å². The van der Waals surface area contributed by atoms with Gasteiger partial charge >= 0.3 is 0 Å². The highest BCUT2D eigenvalue weighted by Gasteiger charge is 2.15. The number of rotatable bonds is 6. The topological polar surface area (TPSA) is 84.7 Å². The molecule has 4 aromatic rings. The number of nitrogens with one attached hydrogen (secondary N) is 2. The van der Waals surface area contributed by atoms with Gasteiger partial charge in [-0.2, -0.15) is 5.10 Å². The molecule has 0 fully saturated rings. The Kier molecular flexibility index (Phi) is 5.73. The first-order chi connectivity index (χ1) is 14.5. The monoisotopic (exact) mass is 442 g/mol. The molecule has 3 aromatic heterocycles. The Bertz CT molecular complexity index is 1210. The molecule has 1 amide bonds.